The third-order valence-corrected chi connectivity index (χ3v) is 7.51. The van der Waals surface area contributed by atoms with Gasteiger partial charge in [-0.05, 0) is 43.7 Å². The number of methoxy groups -OCH3 is 1. The Kier molecular flexibility index (Phi) is 6.61. The molecule has 10 nitrogen and oxygen atoms in total. The number of aliphatic hydroxyl groups excluding tert-OH is 2. The molecule has 0 bridgehead atoms. The van der Waals surface area contributed by atoms with Gasteiger partial charge in [0, 0.05) is 35.6 Å². The van der Waals surface area contributed by atoms with Crippen molar-refractivity contribution in [1.29, 1.82) is 0 Å². The number of phenolic OH excluding ortho intramolecular Hbond substituents is 1. The molecule has 1 aromatic rings. The predicted octanol–water partition coefficient (Wildman–Crippen LogP) is 1.57. The van der Waals surface area contributed by atoms with E-state index in [1.54, 1.807) is 0 Å². The van der Waals surface area contributed by atoms with E-state index in [9.17, 15) is 34.8 Å². The number of primary amides is 1. The van der Waals surface area contributed by atoms with Crippen LogP contribution in [0.25, 0.3) is 5.76 Å². The van der Waals surface area contributed by atoms with Crippen molar-refractivity contribution in [1.82, 2.24) is 5.32 Å². The maximum atomic E-state index is 13.5. The van der Waals surface area contributed by atoms with Crippen LogP contribution in [0.15, 0.2) is 23.0 Å². The van der Waals surface area contributed by atoms with Gasteiger partial charge in [0.15, 0.2) is 11.4 Å². The van der Waals surface area contributed by atoms with Gasteiger partial charge < -0.3 is 36.2 Å². The van der Waals surface area contributed by atoms with Crippen molar-refractivity contribution >= 4 is 23.2 Å². The number of ether oxygens (including phenoxy) is 1. The molecular formula is C26H32N2O8. The molecule has 194 valence electrons. The third-order valence-electron chi connectivity index (χ3n) is 7.51. The number of aromatic hydroxyl groups is 1. The van der Waals surface area contributed by atoms with Gasteiger partial charge >= 0.3 is 0 Å². The SMILES string of the molecule is COc1c(CNCCC(C)C)cc(O)c2c1CC1C[C@H]3CC(=O)C(C(N)=O)=C(O)[C@@]3(O)C(=O)C1=C2O. The second-order valence-electron chi connectivity index (χ2n) is 10.2. The summed E-state index contributed by atoms with van der Waals surface area (Å²) < 4.78 is 5.66. The van der Waals surface area contributed by atoms with Crippen LogP contribution in [0.4, 0.5) is 0 Å². The lowest BCUT2D eigenvalue weighted by atomic mass is 9.59. The van der Waals surface area contributed by atoms with Gasteiger partial charge in [0.2, 0.25) is 5.78 Å². The summed E-state index contributed by atoms with van der Waals surface area (Å²) in [6, 6.07) is 1.46. The van der Waals surface area contributed by atoms with Crippen LogP contribution in [0.3, 0.4) is 0 Å². The largest absolute Gasteiger partial charge is 0.508 e. The van der Waals surface area contributed by atoms with Gasteiger partial charge in [-0.1, -0.05) is 13.8 Å². The van der Waals surface area contributed by atoms with Crippen molar-refractivity contribution in [2.45, 2.75) is 51.7 Å². The Bertz CT molecular complexity index is 1210. The molecule has 0 heterocycles. The first-order valence-corrected chi connectivity index (χ1v) is 12.0. The molecule has 0 radical (unpaired) electrons. The molecule has 1 amide bonds. The summed E-state index contributed by atoms with van der Waals surface area (Å²) in [5.74, 6) is -5.51. The topological polar surface area (TPSA) is 179 Å². The number of nitrogens with two attached hydrogens (primary N) is 1. The number of fused-ring (bicyclic) bond motifs is 3. The predicted molar refractivity (Wildman–Crippen MR) is 129 cm³/mol. The fourth-order valence-electron chi connectivity index (χ4n) is 5.73. The standard InChI is InChI=1S/C26H32N2O8/c1-11(2)4-5-28-10-13-8-16(29)19-15(22(13)36-3)7-12-6-14-9-17(30)20(25(27)34)24(33)26(14,35)23(32)18(12)21(19)31/h8,11-12,14,28-29,31,33,35H,4-7,9-10H2,1-3H3,(H2,27,34)/t12?,14-,26-/m0/s1. The fourth-order valence-corrected chi connectivity index (χ4v) is 5.73. The van der Waals surface area contributed by atoms with E-state index >= 15 is 0 Å². The van der Waals surface area contributed by atoms with E-state index in [0.29, 0.717) is 29.3 Å². The van der Waals surface area contributed by atoms with Gasteiger partial charge in [0.25, 0.3) is 5.91 Å². The molecule has 7 N–H and O–H groups in total. The van der Waals surface area contributed by atoms with Crippen molar-refractivity contribution in [3.8, 4) is 11.5 Å². The molecule has 0 aliphatic heterocycles. The van der Waals surface area contributed by atoms with Gasteiger partial charge in [-0.3, -0.25) is 14.4 Å². The van der Waals surface area contributed by atoms with Crippen LogP contribution in [0.1, 0.15) is 49.8 Å². The van der Waals surface area contributed by atoms with E-state index in [1.807, 2.05) is 0 Å². The Labute approximate surface area is 208 Å². The second kappa shape index (κ2) is 9.25. The van der Waals surface area contributed by atoms with Crippen molar-refractivity contribution in [2.24, 2.45) is 23.5 Å². The normalized spacial score (nSPS) is 25.6. The monoisotopic (exact) mass is 500 g/mol. The van der Waals surface area contributed by atoms with Crippen LogP contribution in [-0.2, 0) is 27.3 Å². The molecule has 1 fully saturated rings. The highest BCUT2D eigenvalue weighted by Gasteiger charge is 2.60. The number of amides is 1. The molecule has 3 aliphatic carbocycles. The molecule has 10 heteroatoms. The van der Waals surface area contributed by atoms with Crippen LogP contribution in [0.5, 0.6) is 11.5 Å². The summed E-state index contributed by atoms with van der Waals surface area (Å²) in [6.45, 7) is 5.43. The summed E-state index contributed by atoms with van der Waals surface area (Å²) in [7, 11) is 1.49. The average molecular weight is 501 g/mol. The van der Waals surface area contributed by atoms with Crippen LogP contribution in [-0.4, -0.2) is 57.2 Å². The van der Waals surface area contributed by atoms with Crippen LogP contribution >= 0.6 is 0 Å². The second-order valence-corrected chi connectivity index (χ2v) is 10.2. The summed E-state index contributed by atoms with van der Waals surface area (Å²) >= 11 is 0. The van der Waals surface area contributed by atoms with Gasteiger partial charge in [-0.2, -0.15) is 0 Å². The zero-order valence-corrected chi connectivity index (χ0v) is 20.6. The highest BCUT2D eigenvalue weighted by molar-refractivity contribution is 6.22. The van der Waals surface area contributed by atoms with Gasteiger partial charge in [0.1, 0.15) is 28.6 Å². The maximum absolute atomic E-state index is 13.5. The highest BCUT2D eigenvalue weighted by atomic mass is 16.5. The quantitative estimate of drug-likeness (QED) is 0.239. The fraction of sp³-hybridized carbons (Fsp3) is 0.500. The highest BCUT2D eigenvalue weighted by Crippen LogP contribution is 2.53. The summed E-state index contributed by atoms with van der Waals surface area (Å²) in [5.41, 5.74) is 2.87. The average Bonchev–Trinajstić information content (AvgIpc) is 2.78. The van der Waals surface area contributed by atoms with Crippen LogP contribution in [0.2, 0.25) is 0 Å². The maximum Gasteiger partial charge on any atom is 0.255 e. The number of benzene rings is 1. The number of ketones is 2. The van der Waals surface area contributed by atoms with Crippen molar-refractivity contribution in [2.75, 3.05) is 13.7 Å². The van der Waals surface area contributed by atoms with Crippen molar-refractivity contribution < 1.29 is 39.5 Å². The first kappa shape index (κ1) is 25.7. The molecule has 4 rings (SSSR count). The lowest BCUT2D eigenvalue weighted by Gasteiger charge is -2.46. The van der Waals surface area contributed by atoms with Gasteiger partial charge in [0.05, 0.1) is 12.7 Å². The molecular weight excluding hydrogens is 468 g/mol. The molecule has 3 atom stereocenters. The Hall–Kier alpha value is -3.37. The molecule has 1 saturated carbocycles. The first-order valence-electron chi connectivity index (χ1n) is 12.0. The first-order chi connectivity index (χ1) is 16.9. The minimum atomic E-state index is -2.57. The minimum absolute atomic E-state index is 0.0184. The van der Waals surface area contributed by atoms with Crippen molar-refractivity contribution in [3.63, 3.8) is 0 Å². The van der Waals surface area contributed by atoms with E-state index in [1.165, 1.54) is 13.2 Å². The lowest BCUT2D eigenvalue weighted by molar-refractivity contribution is -0.147. The molecule has 0 saturated heterocycles. The molecule has 0 aromatic heterocycles. The van der Waals surface area contributed by atoms with Crippen molar-refractivity contribution in [3.05, 3.63) is 39.7 Å². The van der Waals surface area contributed by atoms with E-state index in [4.69, 9.17) is 10.5 Å². The van der Waals surface area contributed by atoms with Gasteiger partial charge in [-0.15, -0.1) is 0 Å². The minimum Gasteiger partial charge on any atom is -0.508 e. The molecule has 3 aliphatic rings. The van der Waals surface area contributed by atoms with E-state index in [2.05, 4.69) is 19.2 Å². The summed E-state index contributed by atoms with van der Waals surface area (Å²) in [6.07, 6.45) is 0.886. The number of rotatable bonds is 7. The van der Waals surface area contributed by atoms with E-state index in [-0.39, 0.29) is 36.1 Å². The zero-order valence-electron chi connectivity index (χ0n) is 20.6. The smallest absolute Gasteiger partial charge is 0.255 e. The Morgan fingerprint density at radius 3 is 2.56 bits per heavy atom. The number of carbonyl (C=O) groups is 3. The number of phenols is 1. The van der Waals surface area contributed by atoms with E-state index < -0.39 is 52.0 Å². The third kappa shape index (κ3) is 3.84. The molecule has 1 aromatic carbocycles. The number of carbonyl (C=O) groups excluding carboxylic acids is 3. The number of aliphatic hydroxyl groups is 3. The summed E-state index contributed by atoms with van der Waals surface area (Å²) in [4.78, 5) is 37.7. The lowest BCUT2D eigenvalue weighted by Crippen LogP contribution is -2.58. The zero-order chi connectivity index (χ0) is 26.5. The Morgan fingerprint density at radius 2 is 1.94 bits per heavy atom. The Balaban J connectivity index is 1.79. The number of Topliss-reactive ketones (excluding diaryl/α,β-unsaturated/α-hetero) is 2. The number of hydrogen-bond acceptors (Lipinski definition) is 9. The van der Waals surface area contributed by atoms with Crippen LogP contribution < -0.4 is 15.8 Å². The molecule has 36 heavy (non-hydrogen) atoms. The van der Waals surface area contributed by atoms with Crippen LogP contribution in [0, 0.1) is 17.8 Å². The number of hydrogen-bond donors (Lipinski definition) is 6. The van der Waals surface area contributed by atoms with E-state index in [0.717, 1.165) is 13.0 Å². The summed E-state index contributed by atoms with van der Waals surface area (Å²) in [5, 5.41) is 47.2. The van der Waals surface area contributed by atoms with Gasteiger partial charge in [-0.25, -0.2) is 0 Å². The molecule has 1 unspecified atom stereocenters. The number of nitrogens with one attached hydrogen (secondary N) is 1. The Morgan fingerprint density at radius 1 is 1.25 bits per heavy atom. The molecule has 0 spiro atoms.